The number of allylic oxidation sites excluding steroid dienone is 2. The normalized spacial score (nSPS) is 53.6. The van der Waals surface area contributed by atoms with Crippen molar-refractivity contribution < 1.29 is 44.9 Å². The zero-order valence-electron chi connectivity index (χ0n) is 28.3. The van der Waals surface area contributed by atoms with Crippen LogP contribution >= 0.6 is 0 Å². The topological polar surface area (TPSA) is 157 Å². The summed E-state index contributed by atoms with van der Waals surface area (Å²) in [6.45, 7) is 15.5. The number of carboxylic acids is 1. The van der Waals surface area contributed by atoms with Crippen LogP contribution in [0.25, 0.3) is 0 Å². The second kappa shape index (κ2) is 10.7. The molecule has 0 bridgehead atoms. The Hall–Kier alpha value is -1.07. The van der Waals surface area contributed by atoms with Gasteiger partial charge in [0.2, 0.25) is 0 Å². The number of hydrogen-bond donors (Lipinski definition) is 6. The summed E-state index contributed by atoms with van der Waals surface area (Å²) < 4.78 is 12.0. The fraction of sp³-hybridized carbons (Fsp3) is 0.917. The highest BCUT2D eigenvalue weighted by molar-refractivity contribution is 5.76. The smallest absolute Gasteiger partial charge is 0.310 e. The number of aliphatic hydroxyl groups excluding tert-OH is 5. The highest BCUT2D eigenvalue weighted by Gasteiger charge is 2.70. The molecule has 0 unspecified atom stereocenters. The molecule has 14 atom stereocenters. The largest absolute Gasteiger partial charge is 0.481 e. The van der Waals surface area contributed by atoms with Crippen LogP contribution in [0.5, 0.6) is 0 Å². The first-order valence-electron chi connectivity index (χ1n) is 17.4. The molecule has 0 aromatic rings. The Kier molecular flexibility index (Phi) is 8.05. The summed E-state index contributed by atoms with van der Waals surface area (Å²) in [5.74, 6) is -0.106. The summed E-state index contributed by atoms with van der Waals surface area (Å²) in [4.78, 5) is 12.9. The minimum atomic E-state index is -1.54. The van der Waals surface area contributed by atoms with Crippen LogP contribution in [0.4, 0.5) is 0 Å². The van der Waals surface area contributed by atoms with Crippen molar-refractivity contribution in [2.75, 3.05) is 6.61 Å². The predicted molar refractivity (Wildman–Crippen MR) is 167 cm³/mol. The molecule has 1 saturated heterocycles. The molecule has 9 heteroatoms. The van der Waals surface area contributed by atoms with Crippen LogP contribution in [0, 0.1) is 50.2 Å². The zero-order chi connectivity index (χ0) is 33.1. The number of carbonyl (C=O) groups is 1. The van der Waals surface area contributed by atoms with E-state index in [1.54, 1.807) is 0 Å². The molecule has 4 saturated carbocycles. The predicted octanol–water partition coefficient (Wildman–Crippen LogP) is 4.03. The van der Waals surface area contributed by atoms with Crippen molar-refractivity contribution in [2.24, 2.45) is 50.2 Å². The van der Waals surface area contributed by atoms with Gasteiger partial charge in [-0.25, -0.2) is 0 Å². The van der Waals surface area contributed by atoms with Gasteiger partial charge in [-0.3, -0.25) is 4.79 Å². The van der Waals surface area contributed by atoms with Gasteiger partial charge in [-0.2, -0.15) is 0 Å². The summed E-state index contributed by atoms with van der Waals surface area (Å²) in [6.07, 6.45) is 1.43. The van der Waals surface area contributed by atoms with Crippen molar-refractivity contribution in [1.29, 1.82) is 0 Å². The average Bonchev–Trinajstić information content (AvgIpc) is 2.94. The Morgan fingerprint density at radius 2 is 1.56 bits per heavy atom. The quantitative estimate of drug-likeness (QED) is 0.199. The maximum atomic E-state index is 12.9. The molecule has 9 nitrogen and oxygen atoms in total. The molecule has 6 rings (SSSR count). The molecule has 45 heavy (non-hydrogen) atoms. The fourth-order valence-corrected chi connectivity index (χ4v) is 12.3. The molecule has 0 aromatic heterocycles. The SMILES string of the molecule is CC1(C)CC[C@]2(C(=O)O)CC[C@]3(C)C(=CC[C@@H]4[C@@]5(C)C[C@@H](O)[C@H](O[C@@H]6O[C@H](CO)[C@H](O)[C@H](O)[C@H]6O)C(C)(C)[C@@H]5CC[C@]43C)[C@@H]2C1. The lowest BCUT2D eigenvalue weighted by molar-refractivity contribution is -0.341. The van der Waals surface area contributed by atoms with Gasteiger partial charge >= 0.3 is 5.97 Å². The fourth-order valence-electron chi connectivity index (χ4n) is 12.3. The number of carboxylic acid groups (broad SMARTS) is 1. The van der Waals surface area contributed by atoms with E-state index in [1.165, 1.54) is 5.57 Å². The molecule has 0 aromatic carbocycles. The van der Waals surface area contributed by atoms with Gasteiger partial charge in [-0.15, -0.1) is 0 Å². The van der Waals surface area contributed by atoms with Gasteiger partial charge in [0.1, 0.15) is 24.4 Å². The van der Waals surface area contributed by atoms with Gasteiger partial charge < -0.3 is 40.1 Å². The highest BCUT2D eigenvalue weighted by Crippen LogP contribution is 2.76. The van der Waals surface area contributed by atoms with Crippen molar-refractivity contribution in [3.8, 4) is 0 Å². The standard InChI is InChI=1S/C36H58O9/c1-31(2)12-14-36(30(42)43)15-13-34(6)19(20(36)16-31)8-9-24-33(5)17-21(38)28(32(3,4)23(33)10-11-35(24,34)7)45-29-27(41)26(40)25(39)22(18-37)44-29/h8,20-29,37-41H,9-18H2,1-7H3,(H,42,43)/t20-,21+,22+,23-,24+,25-,26-,27+,28-,29-,33-,34+,35+,36-/m0/s1. The molecular weight excluding hydrogens is 576 g/mol. The Balaban J connectivity index is 1.32. The Morgan fingerprint density at radius 3 is 2.20 bits per heavy atom. The monoisotopic (exact) mass is 634 g/mol. The van der Waals surface area contributed by atoms with Crippen molar-refractivity contribution in [3.05, 3.63) is 11.6 Å². The minimum absolute atomic E-state index is 0.0468. The maximum absolute atomic E-state index is 12.9. The minimum Gasteiger partial charge on any atom is -0.481 e. The molecule has 5 aliphatic carbocycles. The molecule has 0 amide bonds. The lowest BCUT2D eigenvalue weighted by Gasteiger charge is -2.71. The van der Waals surface area contributed by atoms with E-state index in [1.807, 2.05) is 0 Å². The first-order chi connectivity index (χ1) is 20.8. The van der Waals surface area contributed by atoms with Crippen LogP contribution in [0.15, 0.2) is 11.6 Å². The van der Waals surface area contributed by atoms with Gasteiger partial charge in [0.05, 0.1) is 24.2 Å². The Labute approximate surface area is 268 Å². The van der Waals surface area contributed by atoms with Crippen molar-refractivity contribution in [3.63, 3.8) is 0 Å². The third kappa shape index (κ3) is 4.61. The van der Waals surface area contributed by atoms with Crippen LogP contribution in [-0.4, -0.2) is 86.1 Å². The van der Waals surface area contributed by atoms with E-state index >= 15 is 0 Å². The van der Waals surface area contributed by atoms with Gasteiger partial charge in [0.25, 0.3) is 0 Å². The molecule has 1 aliphatic heterocycles. The number of aliphatic carboxylic acids is 1. The second-order valence-electron chi connectivity index (χ2n) is 18.0. The third-order valence-electron chi connectivity index (χ3n) is 15.1. The van der Waals surface area contributed by atoms with Crippen molar-refractivity contribution >= 4 is 5.97 Å². The summed E-state index contributed by atoms with van der Waals surface area (Å²) in [7, 11) is 0. The van der Waals surface area contributed by atoms with Crippen LogP contribution < -0.4 is 0 Å². The van der Waals surface area contributed by atoms with Crippen molar-refractivity contribution in [2.45, 2.75) is 149 Å². The van der Waals surface area contributed by atoms with E-state index < -0.39 is 66.3 Å². The summed E-state index contributed by atoms with van der Waals surface area (Å²) in [5.41, 5.74) is -0.112. The first kappa shape index (κ1) is 33.8. The molecule has 5 fully saturated rings. The van der Waals surface area contributed by atoms with Gasteiger partial charge in [0.15, 0.2) is 6.29 Å². The molecule has 6 aliphatic rings. The average molecular weight is 635 g/mol. The number of hydrogen-bond acceptors (Lipinski definition) is 8. The third-order valence-corrected chi connectivity index (χ3v) is 15.1. The molecule has 0 spiro atoms. The van der Waals surface area contributed by atoms with Crippen LogP contribution in [0.2, 0.25) is 0 Å². The van der Waals surface area contributed by atoms with Gasteiger partial charge in [-0.1, -0.05) is 60.1 Å². The Bertz CT molecular complexity index is 1210. The molecule has 0 radical (unpaired) electrons. The number of fused-ring (bicyclic) bond motifs is 7. The maximum Gasteiger partial charge on any atom is 0.310 e. The number of ether oxygens (including phenoxy) is 2. The lowest BCUT2D eigenvalue weighted by atomic mass is 9.33. The lowest BCUT2D eigenvalue weighted by Crippen LogP contribution is -2.68. The van der Waals surface area contributed by atoms with Crippen molar-refractivity contribution in [1.82, 2.24) is 0 Å². The molecule has 1 heterocycles. The molecule has 6 N–H and O–H groups in total. The van der Waals surface area contributed by atoms with Crippen LogP contribution in [-0.2, 0) is 14.3 Å². The van der Waals surface area contributed by atoms with Gasteiger partial charge in [-0.05, 0) is 103 Å². The van der Waals surface area contributed by atoms with E-state index in [4.69, 9.17) is 9.47 Å². The van der Waals surface area contributed by atoms with Crippen LogP contribution in [0.3, 0.4) is 0 Å². The summed E-state index contributed by atoms with van der Waals surface area (Å²) in [6, 6.07) is 0. The van der Waals surface area contributed by atoms with E-state index in [-0.39, 0.29) is 39.4 Å². The zero-order valence-corrected chi connectivity index (χ0v) is 28.3. The summed E-state index contributed by atoms with van der Waals surface area (Å²) in [5, 5.41) is 63.5. The summed E-state index contributed by atoms with van der Waals surface area (Å²) >= 11 is 0. The number of aliphatic hydroxyl groups is 5. The van der Waals surface area contributed by atoms with E-state index in [0.29, 0.717) is 12.8 Å². The molecular formula is C36H58O9. The highest BCUT2D eigenvalue weighted by atomic mass is 16.7. The Morgan fingerprint density at radius 1 is 0.889 bits per heavy atom. The van der Waals surface area contributed by atoms with Crippen LogP contribution in [0.1, 0.15) is 106 Å². The van der Waals surface area contributed by atoms with Gasteiger partial charge in [0, 0.05) is 0 Å². The first-order valence-corrected chi connectivity index (χ1v) is 17.4. The van der Waals surface area contributed by atoms with E-state index in [2.05, 4.69) is 54.5 Å². The van der Waals surface area contributed by atoms with E-state index in [0.717, 1.165) is 44.9 Å². The number of rotatable bonds is 4. The molecule has 256 valence electrons. The second-order valence-corrected chi connectivity index (χ2v) is 18.0. The van der Waals surface area contributed by atoms with E-state index in [9.17, 15) is 35.4 Å².